The van der Waals surface area contributed by atoms with Crippen molar-refractivity contribution in [2.24, 2.45) is 5.92 Å². The summed E-state index contributed by atoms with van der Waals surface area (Å²) in [6.07, 6.45) is 6.27. The molecule has 0 radical (unpaired) electrons. The van der Waals surface area contributed by atoms with E-state index in [1.54, 1.807) is 12.1 Å². The van der Waals surface area contributed by atoms with Crippen LogP contribution in [0.4, 0.5) is 0 Å². The molecule has 0 aromatic heterocycles. The van der Waals surface area contributed by atoms with Crippen molar-refractivity contribution >= 4 is 5.78 Å². The number of hydrogen-bond acceptors (Lipinski definition) is 3. The molecule has 1 aliphatic carbocycles. The highest BCUT2D eigenvalue weighted by Gasteiger charge is 2.17. The number of ether oxygens (including phenoxy) is 1. The van der Waals surface area contributed by atoms with Crippen LogP contribution in [-0.4, -0.2) is 17.5 Å². The molecule has 1 aliphatic rings. The second-order valence-electron chi connectivity index (χ2n) is 5.02. The van der Waals surface area contributed by atoms with Crippen LogP contribution in [0.5, 0.6) is 11.5 Å². The van der Waals surface area contributed by atoms with E-state index in [1.165, 1.54) is 45.1 Å². The van der Waals surface area contributed by atoms with Crippen molar-refractivity contribution in [2.75, 3.05) is 6.61 Å². The summed E-state index contributed by atoms with van der Waals surface area (Å²) in [6.45, 7) is 2.09. The van der Waals surface area contributed by atoms with Crippen LogP contribution >= 0.6 is 0 Å². The fourth-order valence-corrected chi connectivity index (χ4v) is 2.56. The Morgan fingerprint density at radius 3 is 2.72 bits per heavy atom. The molecule has 0 unspecified atom stereocenters. The number of ketones is 1. The van der Waals surface area contributed by atoms with E-state index in [0.29, 0.717) is 23.8 Å². The number of benzene rings is 1. The maximum absolute atomic E-state index is 11.5. The van der Waals surface area contributed by atoms with Gasteiger partial charge >= 0.3 is 0 Å². The number of carbonyl (C=O) groups is 1. The minimum absolute atomic E-state index is 0.00337. The van der Waals surface area contributed by atoms with Gasteiger partial charge in [0.25, 0.3) is 0 Å². The van der Waals surface area contributed by atoms with E-state index >= 15 is 0 Å². The molecule has 3 heteroatoms. The molecule has 0 bridgehead atoms. The molecule has 0 aliphatic heterocycles. The average Bonchev–Trinajstić information content (AvgIpc) is 2.37. The molecular weight excluding hydrogens is 228 g/mol. The summed E-state index contributed by atoms with van der Waals surface area (Å²) in [4.78, 5) is 11.5. The van der Waals surface area contributed by atoms with Crippen LogP contribution in [-0.2, 0) is 0 Å². The number of hydrogen-bond donors (Lipinski definition) is 1. The van der Waals surface area contributed by atoms with E-state index in [0.717, 1.165) is 0 Å². The van der Waals surface area contributed by atoms with Crippen LogP contribution in [0.15, 0.2) is 18.2 Å². The van der Waals surface area contributed by atoms with Crippen LogP contribution in [0.25, 0.3) is 0 Å². The lowest BCUT2D eigenvalue weighted by atomic mass is 9.90. The maximum atomic E-state index is 11.5. The van der Waals surface area contributed by atoms with Gasteiger partial charge < -0.3 is 9.84 Å². The van der Waals surface area contributed by atoms with Gasteiger partial charge in [0.15, 0.2) is 5.78 Å². The van der Waals surface area contributed by atoms with Crippen molar-refractivity contribution in [3.63, 3.8) is 0 Å². The summed E-state index contributed by atoms with van der Waals surface area (Å²) in [5.41, 5.74) is 0.299. The van der Waals surface area contributed by atoms with Crippen LogP contribution in [0, 0.1) is 5.92 Å². The first-order chi connectivity index (χ1) is 8.68. The zero-order valence-electron chi connectivity index (χ0n) is 10.8. The van der Waals surface area contributed by atoms with Gasteiger partial charge in [-0.1, -0.05) is 25.3 Å². The Kier molecular flexibility index (Phi) is 4.24. The van der Waals surface area contributed by atoms with Crippen molar-refractivity contribution in [1.29, 1.82) is 0 Å². The fraction of sp³-hybridized carbons (Fsp3) is 0.533. The number of rotatable bonds is 4. The predicted octanol–water partition coefficient (Wildman–Crippen LogP) is 3.55. The average molecular weight is 248 g/mol. The largest absolute Gasteiger partial charge is 0.507 e. The molecule has 1 aromatic carbocycles. The van der Waals surface area contributed by atoms with Crippen molar-refractivity contribution in [3.8, 4) is 11.5 Å². The Morgan fingerprint density at radius 1 is 1.33 bits per heavy atom. The van der Waals surface area contributed by atoms with E-state index in [4.69, 9.17) is 4.74 Å². The van der Waals surface area contributed by atoms with Crippen molar-refractivity contribution in [3.05, 3.63) is 23.8 Å². The molecule has 0 amide bonds. The van der Waals surface area contributed by atoms with Gasteiger partial charge in [-0.05, 0) is 37.8 Å². The van der Waals surface area contributed by atoms with Gasteiger partial charge in [-0.3, -0.25) is 4.79 Å². The van der Waals surface area contributed by atoms with Gasteiger partial charge in [-0.25, -0.2) is 0 Å². The third-order valence-electron chi connectivity index (χ3n) is 3.56. The van der Waals surface area contributed by atoms with E-state index in [2.05, 4.69) is 0 Å². The van der Waals surface area contributed by atoms with E-state index in [9.17, 15) is 9.90 Å². The molecule has 1 saturated carbocycles. The summed E-state index contributed by atoms with van der Waals surface area (Å²) < 4.78 is 5.74. The molecule has 0 heterocycles. The van der Waals surface area contributed by atoms with Gasteiger partial charge in [-0.15, -0.1) is 0 Å². The molecule has 0 spiro atoms. The third-order valence-corrected chi connectivity index (χ3v) is 3.56. The second kappa shape index (κ2) is 5.89. The first-order valence-electron chi connectivity index (χ1n) is 6.64. The Morgan fingerprint density at radius 2 is 2.06 bits per heavy atom. The summed E-state index contributed by atoms with van der Waals surface area (Å²) in [6, 6.07) is 4.97. The number of aromatic hydroxyl groups is 1. The van der Waals surface area contributed by atoms with Gasteiger partial charge in [0.1, 0.15) is 17.1 Å². The standard InChI is InChI=1S/C15H20O3/c1-11(16)15-13(17)8-5-9-14(15)18-10-12-6-3-2-4-7-12/h5,8-9,12,17H,2-4,6-7,10H2,1H3. The molecule has 0 atom stereocenters. The van der Waals surface area contributed by atoms with Crippen molar-refractivity contribution in [2.45, 2.75) is 39.0 Å². The highest BCUT2D eigenvalue weighted by molar-refractivity contribution is 5.99. The summed E-state index contributed by atoms with van der Waals surface area (Å²) in [5.74, 6) is 0.935. The molecule has 3 nitrogen and oxygen atoms in total. The fourth-order valence-electron chi connectivity index (χ4n) is 2.56. The molecule has 1 aromatic rings. The molecule has 0 saturated heterocycles. The van der Waals surface area contributed by atoms with Gasteiger partial charge in [0.2, 0.25) is 0 Å². The van der Waals surface area contributed by atoms with E-state index in [1.807, 2.05) is 0 Å². The number of Topliss-reactive ketones (excluding diaryl/α,β-unsaturated/α-hetero) is 1. The predicted molar refractivity (Wildman–Crippen MR) is 70.2 cm³/mol. The summed E-state index contributed by atoms with van der Waals surface area (Å²) in [5, 5.41) is 9.70. The maximum Gasteiger partial charge on any atom is 0.167 e. The quantitative estimate of drug-likeness (QED) is 0.829. The Labute approximate surface area is 108 Å². The van der Waals surface area contributed by atoms with Gasteiger partial charge in [0.05, 0.1) is 6.61 Å². The van der Waals surface area contributed by atoms with Crippen LogP contribution in [0.2, 0.25) is 0 Å². The molecule has 98 valence electrons. The minimum Gasteiger partial charge on any atom is -0.507 e. The summed E-state index contributed by atoms with van der Waals surface area (Å²) >= 11 is 0. The zero-order valence-corrected chi connectivity index (χ0v) is 10.8. The molecule has 1 fully saturated rings. The Balaban J connectivity index is 2.04. The summed E-state index contributed by atoms with van der Waals surface area (Å²) in [7, 11) is 0. The lowest BCUT2D eigenvalue weighted by Crippen LogP contribution is -2.16. The first-order valence-corrected chi connectivity index (χ1v) is 6.64. The van der Waals surface area contributed by atoms with Crippen LogP contribution < -0.4 is 4.74 Å². The number of carbonyl (C=O) groups excluding carboxylic acids is 1. The minimum atomic E-state index is -0.160. The van der Waals surface area contributed by atoms with Crippen LogP contribution in [0.1, 0.15) is 49.4 Å². The third kappa shape index (κ3) is 3.03. The van der Waals surface area contributed by atoms with Crippen molar-refractivity contribution in [1.82, 2.24) is 0 Å². The number of phenols is 1. The first kappa shape index (κ1) is 12.9. The van der Waals surface area contributed by atoms with E-state index in [-0.39, 0.29) is 11.5 Å². The highest BCUT2D eigenvalue weighted by Crippen LogP contribution is 2.30. The smallest absolute Gasteiger partial charge is 0.167 e. The topological polar surface area (TPSA) is 46.5 Å². The normalized spacial score (nSPS) is 16.5. The van der Waals surface area contributed by atoms with Crippen LogP contribution in [0.3, 0.4) is 0 Å². The molecule has 18 heavy (non-hydrogen) atoms. The lowest BCUT2D eigenvalue weighted by Gasteiger charge is -2.22. The molecule has 2 rings (SSSR count). The Bertz CT molecular complexity index is 420. The molecule has 1 N–H and O–H groups in total. The Hall–Kier alpha value is -1.51. The lowest BCUT2D eigenvalue weighted by molar-refractivity contribution is 0.100. The van der Waals surface area contributed by atoms with Gasteiger partial charge in [0, 0.05) is 0 Å². The van der Waals surface area contributed by atoms with Crippen molar-refractivity contribution < 1.29 is 14.6 Å². The van der Waals surface area contributed by atoms with Gasteiger partial charge in [-0.2, -0.15) is 0 Å². The number of phenolic OH excluding ortho intramolecular Hbond substituents is 1. The monoisotopic (exact) mass is 248 g/mol. The highest BCUT2D eigenvalue weighted by atomic mass is 16.5. The second-order valence-corrected chi connectivity index (χ2v) is 5.02. The zero-order chi connectivity index (χ0) is 13.0. The SMILES string of the molecule is CC(=O)c1c(O)cccc1OCC1CCCCC1. The molecular formula is C15H20O3. The van der Waals surface area contributed by atoms with E-state index < -0.39 is 0 Å².